The van der Waals surface area contributed by atoms with Crippen LogP contribution in [0.3, 0.4) is 0 Å². The predicted molar refractivity (Wildman–Crippen MR) is 118 cm³/mol. The summed E-state index contributed by atoms with van der Waals surface area (Å²) >= 11 is 0. The topological polar surface area (TPSA) is 63.7 Å². The molecular weight excluding hydrogens is 436 g/mol. The molecule has 0 aliphatic carbocycles. The summed E-state index contributed by atoms with van der Waals surface area (Å²) in [6, 6.07) is 17.5. The van der Waals surface area contributed by atoms with Gasteiger partial charge < -0.3 is 9.08 Å². The molecule has 32 heavy (non-hydrogen) atoms. The summed E-state index contributed by atoms with van der Waals surface area (Å²) in [6.45, 7) is 3.28. The van der Waals surface area contributed by atoms with Crippen LogP contribution in [0.15, 0.2) is 72.8 Å². The molecule has 0 aliphatic heterocycles. The van der Waals surface area contributed by atoms with Gasteiger partial charge in [0.2, 0.25) is 0 Å². The fourth-order valence-electron chi connectivity index (χ4n) is 2.96. The number of carbonyl (C=O) groups excluding carboxylic acids is 1. The zero-order valence-corrected chi connectivity index (χ0v) is 18.5. The van der Waals surface area contributed by atoms with E-state index in [1.807, 2.05) is 0 Å². The molecular formula is C24H23F2NO4S. The van der Waals surface area contributed by atoms with E-state index in [0.29, 0.717) is 11.1 Å². The van der Waals surface area contributed by atoms with Crippen molar-refractivity contribution in [1.82, 2.24) is 4.90 Å². The highest BCUT2D eigenvalue weighted by Crippen LogP contribution is 2.21. The lowest BCUT2D eigenvalue weighted by Crippen LogP contribution is -2.30. The Kier molecular flexibility index (Phi) is 7.25. The molecule has 5 nitrogen and oxygen atoms in total. The zero-order valence-electron chi connectivity index (χ0n) is 17.7. The second-order valence-corrected chi connectivity index (χ2v) is 9.67. The summed E-state index contributed by atoms with van der Waals surface area (Å²) in [7, 11) is -3.77. The molecule has 1 amide bonds. The van der Waals surface area contributed by atoms with Crippen molar-refractivity contribution in [1.29, 1.82) is 0 Å². The highest BCUT2D eigenvalue weighted by atomic mass is 32.2. The Balaban J connectivity index is 1.89. The van der Waals surface area contributed by atoms with Crippen molar-refractivity contribution >= 4 is 16.0 Å². The van der Waals surface area contributed by atoms with Crippen molar-refractivity contribution in [3.63, 3.8) is 0 Å². The van der Waals surface area contributed by atoms with Crippen LogP contribution in [-0.2, 0) is 23.2 Å². The minimum Gasteiger partial charge on any atom is -0.382 e. The molecule has 0 saturated heterocycles. The number of carbonyl (C=O) groups is 1. The number of hydrogen-bond donors (Lipinski definition) is 0. The van der Waals surface area contributed by atoms with Crippen molar-refractivity contribution in [2.75, 3.05) is 0 Å². The van der Waals surface area contributed by atoms with Gasteiger partial charge in [-0.25, -0.2) is 8.78 Å². The van der Waals surface area contributed by atoms with Gasteiger partial charge in [-0.2, -0.15) is 8.42 Å². The minimum absolute atomic E-state index is 0.103. The molecule has 3 aromatic carbocycles. The summed E-state index contributed by atoms with van der Waals surface area (Å²) in [5.41, 5.74) is 1.47. The molecule has 3 aromatic rings. The summed E-state index contributed by atoms with van der Waals surface area (Å²) in [5.74, 6) is -1.22. The number of nitrogens with zero attached hydrogens (tertiary/aromatic N) is 1. The predicted octanol–water partition coefficient (Wildman–Crippen LogP) is 4.92. The SMILES string of the molecule is CC(C)S(=O)(=O)Oc1cccc(CN(Cc2ccc(F)cc2)C(=O)c2cccc(F)c2)c1. The van der Waals surface area contributed by atoms with Gasteiger partial charge in [0.1, 0.15) is 17.4 Å². The normalized spacial score (nSPS) is 11.4. The van der Waals surface area contributed by atoms with Gasteiger partial charge >= 0.3 is 10.1 Å². The van der Waals surface area contributed by atoms with Gasteiger partial charge in [0.25, 0.3) is 5.91 Å². The Hall–Kier alpha value is -3.26. The van der Waals surface area contributed by atoms with E-state index in [0.717, 1.165) is 6.07 Å². The molecule has 0 aromatic heterocycles. The molecule has 0 bridgehead atoms. The molecule has 0 saturated carbocycles. The molecule has 0 fully saturated rings. The van der Waals surface area contributed by atoms with E-state index in [9.17, 15) is 22.0 Å². The van der Waals surface area contributed by atoms with Crippen molar-refractivity contribution < 1.29 is 26.2 Å². The highest BCUT2D eigenvalue weighted by Gasteiger charge is 2.20. The smallest absolute Gasteiger partial charge is 0.311 e. The van der Waals surface area contributed by atoms with E-state index >= 15 is 0 Å². The van der Waals surface area contributed by atoms with E-state index in [4.69, 9.17) is 4.18 Å². The molecule has 0 aliphatic rings. The Labute approximate surface area is 186 Å². The number of rotatable bonds is 8. The van der Waals surface area contributed by atoms with Crippen molar-refractivity contribution in [3.8, 4) is 5.75 Å². The third kappa shape index (κ3) is 6.13. The van der Waals surface area contributed by atoms with Gasteiger partial charge in [-0.05, 0) is 67.4 Å². The van der Waals surface area contributed by atoms with Gasteiger partial charge in [0, 0.05) is 18.7 Å². The van der Waals surface area contributed by atoms with Crippen LogP contribution in [0.2, 0.25) is 0 Å². The standard InChI is InChI=1S/C24H23F2NO4S/c1-17(2)32(29,30)31-23-8-3-5-19(13-23)16-27(15-18-9-11-21(25)12-10-18)24(28)20-6-4-7-22(26)14-20/h3-14,17H,15-16H2,1-2H3. The van der Waals surface area contributed by atoms with Crippen molar-refractivity contribution in [2.45, 2.75) is 32.2 Å². The molecule has 8 heteroatoms. The van der Waals surface area contributed by atoms with Crippen molar-refractivity contribution in [3.05, 3.63) is 101 Å². The summed E-state index contributed by atoms with van der Waals surface area (Å²) in [5, 5.41) is -0.712. The first-order chi connectivity index (χ1) is 15.1. The van der Waals surface area contributed by atoms with Gasteiger partial charge in [0.05, 0.1) is 5.25 Å². The number of benzene rings is 3. The Morgan fingerprint density at radius 1 is 0.875 bits per heavy atom. The van der Waals surface area contributed by atoms with Crippen LogP contribution < -0.4 is 4.18 Å². The minimum atomic E-state index is -3.77. The van der Waals surface area contributed by atoms with Crippen molar-refractivity contribution in [2.24, 2.45) is 0 Å². The van der Waals surface area contributed by atoms with Crippen LogP contribution in [0.1, 0.15) is 35.3 Å². The molecule has 0 spiro atoms. The summed E-state index contributed by atoms with van der Waals surface area (Å²) in [4.78, 5) is 14.6. The fraction of sp³-hybridized carbons (Fsp3) is 0.208. The molecule has 0 N–H and O–H groups in total. The molecule has 0 heterocycles. The second kappa shape index (κ2) is 9.91. The molecule has 0 radical (unpaired) electrons. The van der Waals surface area contributed by atoms with Gasteiger partial charge in [-0.15, -0.1) is 0 Å². The van der Waals surface area contributed by atoms with E-state index in [2.05, 4.69) is 0 Å². The van der Waals surface area contributed by atoms with E-state index < -0.39 is 32.9 Å². The zero-order chi connectivity index (χ0) is 23.3. The third-order valence-electron chi connectivity index (χ3n) is 4.71. The first kappa shape index (κ1) is 23.4. The maximum Gasteiger partial charge on any atom is 0.311 e. The number of halogens is 2. The number of hydrogen-bond acceptors (Lipinski definition) is 4. The summed E-state index contributed by atoms with van der Waals surface area (Å²) in [6.07, 6.45) is 0. The van der Waals surface area contributed by atoms with Gasteiger partial charge in [-0.1, -0.05) is 30.3 Å². The average molecular weight is 460 g/mol. The van der Waals surface area contributed by atoms with Crippen LogP contribution in [0.5, 0.6) is 5.75 Å². The lowest BCUT2D eigenvalue weighted by atomic mass is 10.1. The second-order valence-electron chi connectivity index (χ2n) is 7.57. The first-order valence-corrected chi connectivity index (χ1v) is 11.4. The van der Waals surface area contributed by atoms with Crippen LogP contribution in [-0.4, -0.2) is 24.5 Å². The lowest BCUT2D eigenvalue weighted by Gasteiger charge is -2.23. The largest absolute Gasteiger partial charge is 0.382 e. The average Bonchev–Trinajstić information content (AvgIpc) is 2.74. The highest BCUT2D eigenvalue weighted by molar-refractivity contribution is 7.87. The van der Waals surface area contributed by atoms with Crippen LogP contribution in [0, 0.1) is 11.6 Å². The molecule has 168 valence electrons. The molecule has 3 rings (SSSR count). The van der Waals surface area contributed by atoms with Crippen LogP contribution >= 0.6 is 0 Å². The Morgan fingerprint density at radius 2 is 1.53 bits per heavy atom. The maximum absolute atomic E-state index is 13.7. The Morgan fingerprint density at radius 3 is 2.19 bits per heavy atom. The molecule has 0 atom stereocenters. The monoisotopic (exact) mass is 459 g/mol. The van der Waals surface area contributed by atoms with Crippen LogP contribution in [0.4, 0.5) is 8.78 Å². The maximum atomic E-state index is 13.7. The molecule has 0 unspecified atom stereocenters. The Bertz CT molecular complexity index is 1190. The van der Waals surface area contributed by atoms with Gasteiger partial charge in [-0.3, -0.25) is 4.79 Å². The lowest BCUT2D eigenvalue weighted by molar-refractivity contribution is 0.0729. The van der Waals surface area contributed by atoms with Crippen LogP contribution in [0.25, 0.3) is 0 Å². The fourth-order valence-corrected chi connectivity index (χ4v) is 3.52. The summed E-state index contributed by atoms with van der Waals surface area (Å²) < 4.78 is 56.3. The third-order valence-corrected chi connectivity index (χ3v) is 6.29. The van der Waals surface area contributed by atoms with E-state index in [1.165, 1.54) is 61.2 Å². The first-order valence-electron chi connectivity index (χ1n) is 9.95. The number of amides is 1. The van der Waals surface area contributed by atoms with E-state index in [-0.39, 0.29) is 24.4 Å². The van der Waals surface area contributed by atoms with Gasteiger partial charge in [0.15, 0.2) is 0 Å². The quantitative estimate of drug-likeness (QED) is 0.449. The van der Waals surface area contributed by atoms with E-state index in [1.54, 1.807) is 24.3 Å².